The summed E-state index contributed by atoms with van der Waals surface area (Å²) in [6, 6.07) is 9.33. The molecule has 1 aliphatic rings. The first-order valence-corrected chi connectivity index (χ1v) is 8.81. The van der Waals surface area contributed by atoms with Crippen molar-refractivity contribution in [1.82, 2.24) is 20.4 Å². The predicted octanol–water partition coefficient (Wildman–Crippen LogP) is 3.47. The average Bonchev–Trinajstić information content (AvgIpc) is 3.09. The van der Waals surface area contributed by atoms with Crippen LogP contribution in [0.5, 0.6) is 5.75 Å². The number of aromatic amines is 1. The monoisotopic (exact) mass is 364 g/mol. The molecule has 0 aliphatic carbocycles. The molecule has 3 rings (SSSR count). The number of hydrogen-bond donors (Lipinski definition) is 2. The Kier molecular flexibility index (Phi) is 7.29. The second kappa shape index (κ2) is 9.22. The normalized spacial score (nSPS) is 16.0. The van der Waals surface area contributed by atoms with Crippen LogP contribution in [-0.2, 0) is 6.54 Å². The molecule has 0 atom stereocenters. The number of nitrogens with zero attached hydrogens (tertiary/aromatic N) is 2. The number of benzene rings is 1. The van der Waals surface area contributed by atoms with E-state index in [-0.39, 0.29) is 12.4 Å². The minimum Gasteiger partial charge on any atom is -0.497 e. The molecule has 25 heavy (non-hydrogen) atoms. The number of halogens is 1. The van der Waals surface area contributed by atoms with E-state index in [9.17, 15) is 0 Å². The lowest BCUT2D eigenvalue weighted by Crippen LogP contribution is -2.44. The van der Waals surface area contributed by atoms with Crippen LogP contribution in [0.25, 0.3) is 11.3 Å². The third kappa shape index (κ3) is 4.97. The van der Waals surface area contributed by atoms with Crippen LogP contribution in [0.15, 0.2) is 30.5 Å². The number of methoxy groups -OCH3 is 1. The van der Waals surface area contributed by atoms with E-state index in [0.717, 1.165) is 23.6 Å². The minimum absolute atomic E-state index is 0. The third-order valence-electron chi connectivity index (χ3n) is 4.92. The van der Waals surface area contributed by atoms with Gasteiger partial charge in [0.15, 0.2) is 0 Å². The number of hydrogen-bond acceptors (Lipinski definition) is 4. The maximum absolute atomic E-state index is 5.32. The van der Waals surface area contributed by atoms with Crippen molar-refractivity contribution in [3.8, 4) is 17.0 Å². The number of likely N-dealkylation sites (tertiary alicyclic amines) is 1. The van der Waals surface area contributed by atoms with Crippen LogP contribution >= 0.6 is 12.4 Å². The van der Waals surface area contributed by atoms with Gasteiger partial charge in [-0.3, -0.25) is 5.10 Å². The molecule has 1 aliphatic heterocycles. The molecule has 2 N–H and O–H groups in total. The van der Waals surface area contributed by atoms with Crippen LogP contribution in [0, 0.1) is 0 Å². The highest BCUT2D eigenvalue weighted by Crippen LogP contribution is 2.25. The van der Waals surface area contributed by atoms with Gasteiger partial charge in [-0.25, -0.2) is 0 Å². The first-order valence-electron chi connectivity index (χ1n) is 8.81. The summed E-state index contributed by atoms with van der Waals surface area (Å²) in [5, 5.41) is 11.1. The van der Waals surface area contributed by atoms with Crippen LogP contribution in [-0.4, -0.2) is 47.4 Å². The van der Waals surface area contributed by atoms with E-state index in [1.807, 2.05) is 24.4 Å². The van der Waals surface area contributed by atoms with Crippen LogP contribution in [0.2, 0.25) is 0 Å². The van der Waals surface area contributed by atoms with Crippen LogP contribution in [0.4, 0.5) is 0 Å². The number of rotatable bonds is 6. The Balaban J connectivity index is 0.00000225. The van der Waals surface area contributed by atoms with Crippen LogP contribution in [0.1, 0.15) is 32.3 Å². The molecule has 2 aromatic rings. The summed E-state index contributed by atoms with van der Waals surface area (Å²) >= 11 is 0. The third-order valence-corrected chi connectivity index (χ3v) is 4.92. The molecular formula is C19H29ClN4O. The van der Waals surface area contributed by atoms with E-state index in [0.29, 0.717) is 12.1 Å². The Morgan fingerprint density at radius 3 is 2.76 bits per heavy atom. The lowest BCUT2D eigenvalue weighted by molar-refractivity contribution is 0.161. The first kappa shape index (κ1) is 19.8. The Hall–Kier alpha value is -1.56. The van der Waals surface area contributed by atoms with Crippen molar-refractivity contribution in [3.63, 3.8) is 0 Å². The van der Waals surface area contributed by atoms with Crippen molar-refractivity contribution >= 4 is 12.4 Å². The molecule has 6 heteroatoms. The molecule has 5 nitrogen and oxygen atoms in total. The van der Waals surface area contributed by atoms with Gasteiger partial charge in [-0.15, -0.1) is 12.4 Å². The highest BCUT2D eigenvalue weighted by atomic mass is 35.5. The first-order chi connectivity index (χ1) is 11.7. The van der Waals surface area contributed by atoms with Gasteiger partial charge in [-0.2, -0.15) is 5.10 Å². The van der Waals surface area contributed by atoms with Gasteiger partial charge >= 0.3 is 0 Å². The smallest absolute Gasteiger partial charge is 0.119 e. The quantitative estimate of drug-likeness (QED) is 0.824. The second-order valence-electron chi connectivity index (χ2n) is 6.79. The van der Waals surface area contributed by atoms with E-state index in [1.54, 1.807) is 7.11 Å². The summed E-state index contributed by atoms with van der Waals surface area (Å²) < 4.78 is 5.32. The Morgan fingerprint density at radius 2 is 2.08 bits per heavy atom. The molecule has 1 fully saturated rings. The summed E-state index contributed by atoms with van der Waals surface area (Å²) in [6.45, 7) is 7.77. The van der Waals surface area contributed by atoms with Crippen LogP contribution < -0.4 is 10.1 Å². The lowest BCUT2D eigenvalue weighted by atomic mass is 10.0. The molecule has 0 saturated carbocycles. The standard InChI is InChI=1S/C19H28N4O.ClH/c1-14(2)23-9-7-17(8-10-23)20-12-16-13-21-22-19(16)15-5-4-6-18(11-15)24-3;/h4-6,11,13-14,17,20H,7-10,12H2,1-3H3,(H,21,22);1H. The molecule has 0 spiro atoms. The van der Waals surface area contributed by atoms with Crippen molar-refractivity contribution in [3.05, 3.63) is 36.0 Å². The minimum atomic E-state index is 0. The van der Waals surface area contributed by atoms with Crippen molar-refractivity contribution < 1.29 is 4.74 Å². The van der Waals surface area contributed by atoms with Gasteiger partial charge in [0.2, 0.25) is 0 Å². The molecule has 2 heterocycles. The second-order valence-corrected chi connectivity index (χ2v) is 6.79. The topological polar surface area (TPSA) is 53.2 Å². The summed E-state index contributed by atoms with van der Waals surface area (Å²) in [6.07, 6.45) is 4.35. The highest BCUT2D eigenvalue weighted by Gasteiger charge is 2.20. The maximum atomic E-state index is 5.32. The lowest BCUT2D eigenvalue weighted by Gasteiger charge is -2.35. The fraction of sp³-hybridized carbons (Fsp3) is 0.526. The van der Waals surface area contributed by atoms with E-state index in [4.69, 9.17) is 4.74 Å². The number of aromatic nitrogens is 2. The van der Waals surface area contributed by atoms with Crippen LogP contribution in [0.3, 0.4) is 0 Å². The van der Waals surface area contributed by atoms with Gasteiger partial charge in [0, 0.05) is 29.8 Å². The summed E-state index contributed by atoms with van der Waals surface area (Å²) in [4.78, 5) is 2.55. The zero-order chi connectivity index (χ0) is 16.9. The Bertz CT molecular complexity index is 650. The SMILES string of the molecule is COc1cccc(-c2[nH]ncc2CNC2CCN(C(C)C)CC2)c1.Cl. The van der Waals surface area contributed by atoms with Gasteiger partial charge in [0.1, 0.15) is 5.75 Å². The summed E-state index contributed by atoms with van der Waals surface area (Å²) in [5.41, 5.74) is 3.38. The van der Waals surface area contributed by atoms with Gasteiger partial charge < -0.3 is 15.0 Å². The molecule has 0 bridgehead atoms. The van der Waals surface area contributed by atoms with Crippen molar-refractivity contribution in [2.75, 3.05) is 20.2 Å². The number of nitrogens with one attached hydrogen (secondary N) is 2. The van der Waals surface area contributed by atoms with Crippen molar-refractivity contribution in [2.24, 2.45) is 0 Å². The predicted molar refractivity (Wildman–Crippen MR) is 104 cm³/mol. The zero-order valence-electron chi connectivity index (χ0n) is 15.3. The van der Waals surface area contributed by atoms with Crippen molar-refractivity contribution in [2.45, 2.75) is 45.3 Å². The fourth-order valence-corrected chi connectivity index (χ4v) is 3.35. The molecule has 0 radical (unpaired) electrons. The zero-order valence-corrected chi connectivity index (χ0v) is 16.1. The maximum Gasteiger partial charge on any atom is 0.119 e. The number of ether oxygens (including phenoxy) is 1. The molecule has 0 amide bonds. The van der Waals surface area contributed by atoms with Gasteiger partial charge in [0.05, 0.1) is 19.0 Å². The summed E-state index contributed by atoms with van der Waals surface area (Å²) in [5.74, 6) is 0.863. The van der Waals surface area contributed by atoms with Gasteiger partial charge in [-0.1, -0.05) is 12.1 Å². The largest absolute Gasteiger partial charge is 0.497 e. The Morgan fingerprint density at radius 1 is 1.32 bits per heavy atom. The molecule has 0 unspecified atom stereocenters. The highest BCUT2D eigenvalue weighted by molar-refractivity contribution is 5.85. The van der Waals surface area contributed by atoms with E-state index < -0.39 is 0 Å². The van der Waals surface area contributed by atoms with Crippen molar-refractivity contribution in [1.29, 1.82) is 0 Å². The number of H-pyrrole nitrogens is 1. The van der Waals surface area contributed by atoms with Gasteiger partial charge in [-0.05, 0) is 51.9 Å². The number of piperidine rings is 1. The van der Waals surface area contributed by atoms with Gasteiger partial charge in [0.25, 0.3) is 0 Å². The molecule has 138 valence electrons. The van der Waals surface area contributed by atoms with E-state index in [1.165, 1.54) is 31.5 Å². The van der Waals surface area contributed by atoms with E-state index >= 15 is 0 Å². The average molecular weight is 365 g/mol. The molecular weight excluding hydrogens is 336 g/mol. The molecule has 1 saturated heterocycles. The molecule has 1 aromatic heterocycles. The fourth-order valence-electron chi connectivity index (χ4n) is 3.35. The Labute approximate surface area is 156 Å². The van der Waals surface area contributed by atoms with E-state index in [2.05, 4.69) is 40.3 Å². The molecule has 1 aromatic carbocycles. The summed E-state index contributed by atoms with van der Waals surface area (Å²) in [7, 11) is 1.69.